The number of rotatable bonds is 14. The number of amides is 1. The lowest BCUT2D eigenvalue weighted by Gasteiger charge is -2.60. The molecule has 5 atom stereocenters. The Balaban J connectivity index is 1.07. The Morgan fingerprint density at radius 1 is 0.925 bits per heavy atom. The number of ether oxygens (including phenoxy) is 2. The normalized spacial score (nSPS) is 25.5. The Morgan fingerprint density at radius 2 is 1.62 bits per heavy atom. The van der Waals surface area contributed by atoms with E-state index in [2.05, 4.69) is 101 Å². The lowest BCUT2D eigenvalue weighted by molar-refractivity contribution is -0.143. The van der Waals surface area contributed by atoms with Gasteiger partial charge in [-0.15, -0.1) is 0 Å². The van der Waals surface area contributed by atoms with E-state index in [4.69, 9.17) is 9.47 Å². The van der Waals surface area contributed by atoms with Crippen molar-refractivity contribution in [2.45, 2.75) is 100 Å². The van der Waals surface area contributed by atoms with Crippen LogP contribution in [-0.2, 0) is 23.1 Å². The first-order valence-electron chi connectivity index (χ1n) is 20.3. The molecule has 0 aromatic heterocycles. The predicted molar refractivity (Wildman–Crippen MR) is 209 cm³/mol. The summed E-state index contributed by atoms with van der Waals surface area (Å²) in [5.74, 6) is 3.26. The van der Waals surface area contributed by atoms with Crippen LogP contribution in [0.25, 0.3) is 0 Å². The van der Waals surface area contributed by atoms with Gasteiger partial charge in [-0.3, -0.25) is 9.69 Å². The maximum atomic E-state index is 14.9. The molecule has 3 fully saturated rings. The molecule has 1 N–H and O–H groups in total. The molecule has 4 aromatic carbocycles. The van der Waals surface area contributed by atoms with E-state index in [1.54, 1.807) is 13.2 Å². The molecule has 9 rings (SSSR count). The Morgan fingerprint density at radius 3 is 2.30 bits per heavy atom. The van der Waals surface area contributed by atoms with Crippen LogP contribution in [-0.4, -0.2) is 65.7 Å². The zero-order valence-corrected chi connectivity index (χ0v) is 31.2. The topological polar surface area (TPSA) is 62.2 Å². The van der Waals surface area contributed by atoms with Crippen LogP contribution < -0.4 is 9.47 Å². The van der Waals surface area contributed by atoms with Crippen LogP contribution in [0.4, 0.5) is 0 Å². The first kappa shape index (κ1) is 34.5. The van der Waals surface area contributed by atoms with Crippen LogP contribution in [0.1, 0.15) is 91.5 Å². The molecule has 4 aromatic rings. The number of unbranched alkanes of at least 4 members (excludes halogenated alkanes) is 2. The molecule has 1 spiro atoms. The van der Waals surface area contributed by atoms with Gasteiger partial charge in [0.2, 0.25) is 5.91 Å². The average molecular weight is 711 g/mol. The number of methoxy groups -OCH3 is 1. The number of carbonyl (C=O) groups excluding carboxylic acids is 1. The molecule has 2 bridgehead atoms. The number of hydrogen-bond donors (Lipinski definition) is 1. The number of benzene rings is 4. The van der Waals surface area contributed by atoms with Crippen molar-refractivity contribution in [2.24, 2.45) is 11.8 Å². The van der Waals surface area contributed by atoms with Gasteiger partial charge in [0.25, 0.3) is 0 Å². The van der Waals surface area contributed by atoms with Gasteiger partial charge in [-0.2, -0.15) is 0 Å². The molecule has 1 saturated heterocycles. The van der Waals surface area contributed by atoms with Crippen LogP contribution >= 0.6 is 0 Å². The van der Waals surface area contributed by atoms with Crippen LogP contribution in [0.2, 0.25) is 0 Å². The van der Waals surface area contributed by atoms with E-state index in [1.807, 2.05) is 0 Å². The third-order valence-electron chi connectivity index (χ3n) is 13.6. The average Bonchev–Trinajstić information content (AvgIpc) is 3.96. The second-order valence-electron chi connectivity index (χ2n) is 16.5. The van der Waals surface area contributed by atoms with Crippen molar-refractivity contribution in [1.29, 1.82) is 0 Å². The minimum Gasteiger partial charge on any atom is -0.508 e. The lowest BCUT2D eigenvalue weighted by Crippen LogP contribution is -2.69. The van der Waals surface area contributed by atoms with Crippen molar-refractivity contribution in [3.05, 3.63) is 125 Å². The fourth-order valence-electron chi connectivity index (χ4n) is 10.9. The Hall–Kier alpha value is -4.29. The first-order valence-corrected chi connectivity index (χ1v) is 20.3. The molecule has 2 aliphatic heterocycles. The second-order valence-corrected chi connectivity index (χ2v) is 16.5. The number of likely N-dealkylation sites (tertiary alicyclic amines) is 1. The fourth-order valence-corrected chi connectivity index (χ4v) is 10.9. The molecule has 0 radical (unpaired) electrons. The summed E-state index contributed by atoms with van der Waals surface area (Å²) in [6.07, 6.45) is 10.8. The summed E-state index contributed by atoms with van der Waals surface area (Å²) in [7, 11) is 1.68. The monoisotopic (exact) mass is 710 g/mol. The van der Waals surface area contributed by atoms with Gasteiger partial charge in [0.15, 0.2) is 11.5 Å². The second kappa shape index (κ2) is 14.5. The highest BCUT2D eigenvalue weighted by molar-refractivity contribution is 5.77. The van der Waals surface area contributed by atoms with Crippen LogP contribution in [0.15, 0.2) is 97.1 Å². The molecule has 6 nitrogen and oxygen atoms in total. The molecule has 53 heavy (non-hydrogen) atoms. The van der Waals surface area contributed by atoms with E-state index in [0.29, 0.717) is 36.4 Å². The predicted octanol–water partition coefficient (Wildman–Crippen LogP) is 8.68. The Kier molecular flexibility index (Phi) is 9.44. The van der Waals surface area contributed by atoms with Crippen LogP contribution in [0, 0.1) is 11.8 Å². The third kappa shape index (κ3) is 6.31. The smallest absolute Gasteiger partial charge is 0.222 e. The van der Waals surface area contributed by atoms with Crippen LogP contribution in [0.3, 0.4) is 0 Å². The van der Waals surface area contributed by atoms with Crippen LogP contribution in [0.5, 0.6) is 17.2 Å². The van der Waals surface area contributed by atoms with E-state index in [0.717, 1.165) is 81.7 Å². The van der Waals surface area contributed by atoms with Crippen molar-refractivity contribution in [1.82, 2.24) is 9.80 Å². The number of nitrogens with zero attached hydrogens (tertiary/aromatic N) is 2. The number of aryl methyl sites for hydroxylation is 1. The van der Waals surface area contributed by atoms with Crippen molar-refractivity contribution in [3.8, 4) is 17.2 Å². The maximum absolute atomic E-state index is 14.9. The summed E-state index contributed by atoms with van der Waals surface area (Å²) in [4.78, 5) is 19.9. The number of hydrogen-bond acceptors (Lipinski definition) is 5. The number of aromatic hydroxyl groups is 1. The molecular formula is C47H54N2O4. The van der Waals surface area contributed by atoms with Crippen molar-refractivity contribution < 1.29 is 19.4 Å². The van der Waals surface area contributed by atoms with E-state index < -0.39 is 0 Å². The number of piperidine rings is 1. The van der Waals surface area contributed by atoms with Gasteiger partial charge in [0.1, 0.15) is 11.9 Å². The molecule has 1 amide bonds. The standard InChI is InChI=1S/C47H54N2O4/c1-52-42-29-41(50)36-28-40-38-24-25-39(46-47(38,44(36)45(42)53-46)26-27-48(40)30-33-22-23-33)49(43(51)21-13-3-8-16-32-14-6-2-7-15-32)31-37(34-17-9-4-10-18-34)35-19-11-5-12-20-35/h2,4-7,9-12,14-15,17-20,29,33,37-40,46,50H,3,8,13,16,21-28,30-31H2,1H3/t38-,39+,40+,46-,47-/m0/s1. The zero-order valence-electron chi connectivity index (χ0n) is 31.2. The maximum Gasteiger partial charge on any atom is 0.222 e. The van der Waals surface area contributed by atoms with E-state index in [1.165, 1.54) is 35.1 Å². The molecule has 3 aliphatic carbocycles. The molecule has 2 heterocycles. The fraction of sp³-hybridized carbons (Fsp3) is 0.468. The molecule has 276 valence electrons. The third-order valence-corrected chi connectivity index (χ3v) is 13.6. The van der Waals surface area contributed by atoms with Gasteiger partial charge in [-0.05, 0) is 92.9 Å². The minimum atomic E-state index is -0.258. The van der Waals surface area contributed by atoms with Crippen molar-refractivity contribution in [3.63, 3.8) is 0 Å². The van der Waals surface area contributed by atoms with E-state index in [9.17, 15) is 9.90 Å². The van der Waals surface area contributed by atoms with Gasteiger partial charge in [-0.1, -0.05) is 97.4 Å². The molecule has 6 heteroatoms. The summed E-state index contributed by atoms with van der Waals surface area (Å²) in [5.41, 5.74) is 5.79. The number of carbonyl (C=O) groups is 1. The van der Waals surface area contributed by atoms with E-state index in [-0.39, 0.29) is 29.4 Å². The summed E-state index contributed by atoms with van der Waals surface area (Å²) in [6.45, 7) is 2.80. The van der Waals surface area contributed by atoms with Gasteiger partial charge in [0.05, 0.1) is 13.2 Å². The number of phenols is 1. The highest BCUT2D eigenvalue weighted by Gasteiger charge is 2.67. The Bertz CT molecular complexity index is 1860. The van der Waals surface area contributed by atoms with Gasteiger partial charge in [0, 0.05) is 54.1 Å². The van der Waals surface area contributed by atoms with E-state index >= 15 is 0 Å². The summed E-state index contributed by atoms with van der Waals surface area (Å²) in [5, 5.41) is 11.6. The van der Waals surface area contributed by atoms with Crippen molar-refractivity contribution >= 4 is 5.91 Å². The quantitative estimate of drug-likeness (QED) is 0.133. The molecular weight excluding hydrogens is 657 g/mol. The summed E-state index contributed by atoms with van der Waals surface area (Å²) >= 11 is 0. The molecule has 0 unspecified atom stereocenters. The van der Waals surface area contributed by atoms with Gasteiger partial charge in [-0.25, -0.2) is 0 Å². The minimum absolute atomic E-state index is 0.0343. The lowest BCUT2D eigenvalue weighted by atomic mass is 9.50. The highest BCUT2D eigenvalue weighted by Crippen LogP contribution is 2.66. The van der Waals surface area contributed by atoms with Gasteiger partial charge < -0.3 is 19.5 Å². The van der Waals surface area contributed by atoms with Crippen molar-refractivity contribution in [2.75, 3.05) is 26.7 Å². The first-order chi connectivity index (χ1) is 26.0. The Labute approximate surface area is 315 Å². The van der Waals surface area contributed by atoms with Gasteiger partial charge >= 0.3 is 0 Å². The highest BCUT2D eigenvalue weighted by atomic mass is 16.5. The largest absolute Gasteiger partial charge is 0.508 e. The zero-order chi connectivity index (χ0) is 35.9. The molecule has 5 aliphatic rings. The summed E-state index contributed by atoms with van der Waals surface area (Å²) < 4.78 is 13.2. The number of phenolic OH excluding ortho intramolecular Hbond substituents is 1. The molecule has 2 saturated carbocycles. The summed E-state index contributed by atoms with van der Waals surface area (Å²) in [6, 6.07) is 34.2. The SMILES string of the molecule is COc1cc(O)c2c3c1O[C@H]1[C@H](N(CC(c4ccccc4)c4ccccc4)C(=O)CCCCCc4ccccc4)CC[C@H]4[C@@H](C2)N(CC2CC2)CC[C@@]341.